The molecule has 0 radical (unpaired) electrons. The second kappa shape index (κ2) is 6.58. The van der Waals surface area contributed by atoms with Crippen LogP contribution in [0.4, 0.5) is 0 Å². The number of rotatable bonds is 5. The molecule has 0 amide bonds. The van der Waals surface area contributed by atoms with E-state index in [1.54, 1.807) is 12.1 Å². The van der Waals surface area contributed by atoms with E-state index in [4.69, 9.17) is 27.9 Å². The van der Waals surface area contributed by atoms with Crippen LogP contribution in [0.15, 0.2) is 12.1 Å². The maximum Gasteiger partial charge on any atom is 0.186 e. The summed E-state index contributed by atoms with van der Waals surface area (Å²) in [6.07, 6.45) is 0.852. The van der Waals surface area contributed by atoms with Gasteiger partial charge in [-0.1, -0.05) is 37.0 Å². The number of hydrogen-bond acceptors (Lipinski definition) is 2. The Morgan fingerprint density at radius 3 is 2.47 bits per heavy atom. The van der Waals surface area contributed by atoms with Gasteiger partial charge >= 0.3 is 0 Å². The molecule has 0 aromatic heterocycles. The molecular weight excluding hydrogens is 278 g/mol. The number of halogens is 2. The Balaban J connectivity index is 3.03. The lowest BCUT2D eigenvalue weighted by Crippen LogP contribution is -2.01. The van der Waals surface area contributed by atoms with Crippen LogP contribution in [0, 0.1) is 5.92 Å². The number of methoxy groups -OCH3 is 1. The monoisotopic (exact) mass is 292 g/mol. The fourth-order valence-corrected chi connectivity index (χ4v) is 2.90. The molecule has 0 spiro atoms. The first-order chi connectivity index (χ1) is 7.97. The molecule has 17 heavy (non-hydrogen) atoms. The van der Waals surface area contributed by atoms with Crippen molar-refractivity contribution in [3.05, 3.63) is 27.7 Å². The van der Waals surface area contributed by atoms with Crippen LogP contribution >= 0.6 is 31.8 Å². The molecule has 5 heteroatoms. The van der Waals surface area contributed by atoms with E-state index in [1.807, 2.05) is 0 Å². The summed E-state index contributed by atoms with van der Waals surface area (Å²) >= 11 is 12.0. The summed E-state index contributed by atoms with van der Waals surface area (Å²) in [5.74, 6) is 0.863. The molecule has 1 atom stereocenters. The van der Waals surface area contributed by atoms with Crippen molar-refractivity contribution in [3.8, 4) is 5.75 Å². The number of ether oxygens (including phenoxy) is 1. The van der Waals surface area contributed by atoms with Crippen molar-refractivity contribution in [2.75, 3.05) is 13.3 Å². The Hall–Kier alpha value is -0.300. The molecule has 1 rings (SSSR count). The average Bonchev–Trinajstić information content (AvgIpc) is 2.28. The van der Waals surface area contributed by atoms with Gasteiger partial charge in [-0.2, -0.15) is 0 Å². The molecule has 0 heterocycles. The molecule has 0 aliphatic heterocycles. The molecule has 0 bridgehead atoms. The zero-order chi connectivity index (χ0) is 13.0. The number of benzene rings is 1. The summed E-state index contributed by atoms with van der Waals surface area (Å²) < 4.78 is 5.15. The second-order valence-corrected chi connectivity index (χ2v) is 6.07. The third kappa shape index (κ3) is 3.84. The van der Waals surface area contributed by atoms with Gasteiger partial charge in [0.05, 0.1) is 22.7 Å². The first-order valence-electron chi connectivity index (χ1n) is 5.27. The van der Waals surface area contributed by atoms with Crippen molar-refractivity contribution in [1.29, 1.82) is 0 Å². The van der Waals surface area contributed by atoms with Crippen LogP contribution in [0.1, 0.15) is 24.2 Å². The molecule has 1 unspecified atom stereocenters. The predicted molar refractivity (Wildman–Crippen MR) is 75.4 cm³/mol. The van der Waals surface area contributed by atoms with E-state index in [2.05, 4.69) is 13.8 Å². The van der Waals surface area contributed by atoms with Crippen molar-refractivity contribution in [3.63, 3.8) is 0 Å². The Labute approximate surface area is 113 Å². The molecule has 0 aliphatic carbocycles. The van der Waals surface area contributed by atoms with Gasteiger partial charge in [-0.3, -0.25) is 4.79 Å². The topological polar surface area (TPSA) is 26.3 Å². The minimum Gasteiger partial charge on any atom is -0.494 e. The predicted octanol–water partition coefficient (Wildman–Crippen LogP) is 4.48. The lowest BCUT2D eigenvalue weighted by Gasteiger charge is -2.11. The van der Waals surface area contributed by atoms with Crippen molar-refractivity contribution >= 4 is 37.3 Å². The van der Waals surface area contributed by atoms with Gasteiger partial charge < -0.3 is 4.74 Å². The van der Waals surface area contributed by atoms with Gasteiger partial charge in [-0.25, -0.2) is 0 Å². The van der Waals surface area contributed by atoms with E-state index < -0.39 is 0 Å². The average molecular weight is 293 g/mol. The summed E-state index contributed by atoms with van der Waals surface area (Å²) in [5, 5.41) is 0.808. The first kappa shape index (κ1) is 14.8. The van der Waals surface area contributed by atoms with E-state index in [1.165, 1.54) is 7.11 Å². The maximum atomic E-state index is 12.1. The minimum absolute atomic E-state index is 0.00282. The Morgan fingerprint density at radius 2 is 1.94 bits per heavy atom. The quantitative estimate of drug-likeness (QED) is 0.748. The largest absolute Gasteiger partial charge is 0.494 e. The smallest absolute Gasteiger partial charge is 0.186 e. The number of carbonyl (C=O) groups is 1. The van der Waals surface area contributed by atoms with Crippen LogP contribution < -0.4 is 4.74 Å². The van der Waals surface area contributed by atoms with E-state index in [0.29, 0.717) is 27.3 Å². The van der Waals surface area contributed by atoms with Crippen LogP contribution in [0.2, 0.25) is 10.0 Å². The highest BCUT2D eigenvalue weighted by Crippen LogP contribution is 2.37. The van der Waals surface area contributed by atoms with Gasteiger partial charge in [0.1, 0.15) is 5.75 Å². The number of carbonyl (C=O) groups excluding carboxylic acids is 1. The van der Waals surface area contributed by atoms with Gasteiger partial charge in [0.25, 0.3) is 0 Å². The van der Waals surface area contributed by atoms with Gasteiger partial charge in [0.15, 0.2) is 5.52 Å². The molecule has 94 valence electrons. The summed E-state index contributed by atoms with van der Waals surface area (Å²) in [6.45, 7) is 4.16. The normalized spacial score (nSPS) is 11.4. The summed E-state index contributed by atoms with van der Waals surface area (Å²) in [5.41, 5.74) is 0.406. The Kier molecular flexibility index (Phi) is 5.72. The van der Waals surface area contributed by atoms with Crippen LogP contribution in [0.25, 0.3) is 0 Å². The molecular formula is C12H15Cl2O2P. The molecule has 0 aliphatic rings. The van der Waals surface area contributed by atoms with Crippen LogP contribution in [-0.4, -0.2) is 18.8 Å². The second-order valence-electron chi connectivity index (χ2n) is 4.04. The highest BCUT2D eigenvalue weighted by Gasteiger charge is 2.19. The number of hydrogen-bond donors (Lipinski definition) is 0. The highest BCUT2D eigenvalue weighted by molar-refractivity contribution is 7.58. The molecule has 0 saturated heterocycles. The molecule has 1 aromatic rings. The summed E-state index contributed by atoms with van der Waals surface area (Å²) in [6, 6.07) is 3.25. The third-order valence-corrected chi connectivity index (χ3v) is 4.37. The van der Waals surface area contributed by atoms with E-state index in [0.717, 1.165) is 6.16 Å². The fourth-order valence-electron chi connectivity index (χ4n) is 1.33. The van der Waals surface area contributed by atoms with E-state index in [9.17, 15) is 4.79 Å². The lowest BCUT2D eigenvalue weighted by atomic mass is 10.2. The highest BCUT2D eigenvalue weighted by atomic mass is 35.5. The molecule has 1 aromatic carbocycles. The van der Waals surface area contributed by atoms with Crippen LogP contribution in [0.5, 0.6) is 5.75 Å². The molecule has 0 saturated carbocycles. The van der Waals surface area contributed by atoms with Crippen LogP contribution in [-0.2, 0) is 0 Å². The lowest BCUT2D eigenvalue weighted by molar-refractivity contribution is 0.108. The fraction of sp³-hybridized carbons (Fsp3) is 0.417. The Bertz CT molecular complexity index is 419. The third-order valence-electron chi connectivity index (χ3n) is 2.16. The van der Waals surface area contributed by atoms with Gasteiger partial charge in [-0.15, -0.1) is 0 Å². The van der Waals surface area contributed by atoms with Gasteiger partial charge in [0, 0.05) is 0 Å². The minimum atomic E-state index is 0.00282. The first-order valence-corrected chi connectivity index (χ1v) is 7.23. The molecule has 2 nitrogen and oxygen atoms in total. The van der Waals surface area contributed by atoms with Gasteiger partial charge in [0.2, 0.25) is 0 Å². The standard InChI is InChI=1S/C12H15Cl2O2P/c1-7(2)6-17-12(15)10-8(13)4-5-9(14)11(10)16-3/h4-5,7,17H,6H2,1-3H3. The van der Waals surface area contributed by atoms with Crippen molar-refractivity contribution in [2.24, 2.45) is 5.92 Å². The SMILES string of the molecule is COc1c(Cl)ccc(Cl)c1C(=O)PCC(C)C. The van der Waals surface area contributed by atoms with Crippen molar-refractivity contribution in [1.82, 2.24) is 0 Å². The van der Waals surface area contributed by atoms with E-state index in [-0.39, 0.29) is 14.1 Å². The summed E-state index contributed by atoms with van der Waals surface area (Å²) in [4.78, 5) is 12.1. The van der Waals surface area contributed by atoms with E-state index >= 15 is 0 Å². The van der Waals surface area contributed by atoms with Crippen molar-refractivity contribution in [2.45, 2.75) is 13.8 Å². The molecule has 0 N–H and O–H groups in total. The zero-order valence-corrected chi connectivity index (χ0v) is 12.5. The maximum absolute atomic E-state index is 12.1. The zero-order valence-electron chi connectivity index (χ0n) is 10.0. The van der Waals surface area contributed by atoms with Crippen LogP contribution in [0.3, 0.4) is 0 Å². The van der Waals surface area contributed by atoms with Gasteiger partial charge in [-0.05, 0) is 32.8 Å². The summed E-state index contributed by atoms with van der Waals surface area (Å²) in [7, 11) is 1.68. The molecule has 0 fully saturated rings. The van der Waals surface area contributed by atoms with Crippen molar-refractivity contribution < 1.29 is 9.53 Å². The Morgan fingerprint density at radius 1 is 1.35 bits per heavy atom.